The summed E-state index contributed by atoms with van der Waals surface area (Å²) in [6, 6.07) is -2.26. The summed E-state index contributed by atoms with van der Waals surface area (Å²) in [6.45, 7) is 1.34. The van der Waals surface area contributed by atoms with Crippen molar-refractivity contribution in [2.75, 3.05) is 46.2 Å². The third kappa shape index (κ3) is 19.2. The van der Waals surface area contributed by atoms with E-state index in [0.29, 0.717) is 12.4 Å². The Balaban J connectivity index is 4.41. The molecule has 0 aromatic heterocycles. The van der Waals surface area contributed by atoms with E-state index < -0.39 is 41.4 Å². The number of carbonyl (C=O) groups is 5. The zero-order chi connectivity index (χ0) is 27.9. The topological polar surface area (TPSA) is 256 Å². The number of rotatable bonds is 23. The van der Waals surface area contributed by atoms with Gasteiger partial charge >= 0.3 is 18.4 Å². The highest BCUT2D eigenvalue weighted by Gasteiger charge is 2.25. The van der Waals surface area contributed by atoms with Gasteiger partial charge in [-0.05, 0) is 12.8 Å². The molecule has 2 unspecified atom stereocenters. The van der Waals surface area contributed by atoms with E-state index in [-0.39, 0.29) is 78.3 Å². The molecule has 37 heavy (non-hydrogen) atoms. The van der Waals surface area contributed by atoms with Crippen LogP contribution in [0.4, 0.5) is 0 Å². The normalized spacial score (nSPS) is 11.8. The molecule has 0 saturated carbocycles. The fourth-order valence-electron chi connectivity index (χ4n) is 2.59. The number of ketones is 2. The summed E-state index contributed by atoms with van der Waals surface area (Å²) < 4.78 is 15.6. The molecule has 0 fully saturated rings. The lowest BCUT2D eigenvalue weighted by Crippen LogP contribution is -2.52. The quantitative estimate of drug-likeness (QED) is 0.0479. The zero-order valence-corrected chi connectivity index (χ0v) is 20.4. The number of carbonyl (C=O) groups excluding carboxylic acids is 4. The van der Waals surface area contributed by atoms with Gasteiger partial charge in [0.2, 0.25) is 23.4 Å². The van der Waals surface area contributed by atoms with Crippen LogP contribution in [-0.4, -0.2) is 115 Å². The van der Waals surface area contributed by atoms with Crippen molar-refractivity contribution < 1.29 is 52.9 Å². The predicted molar refractivity (Wildman–Crippen MR) is 125 cm³/mol. The van der Waals surface area contributed by atoms with E-state index in [2.05, 4.69) is 20.2 Å². The second-order valence-corrected chi connectivity index (χ2v) is 7.44. The van der Waals surface area contributed by atoms with Crippen LogP contribution in [0.5, 0.6) is 0 Å². The van der Waals surface area contributed by atoms with Crippen LogP contribution in [0, 0.1) is 0 Å². The van der Waals surface area contributed by atoms with Crippen LogP contribution >= 0.6 is 0 Å². The molecule has 0 aliphatic rings. The van der Waals surface area contributed by atoms with Gasteiger partial charge in [-0.3, -0.25) is 24.0 Å². The SMILES string of the molecule is [N-]=[N+]=CC(=O)CCC(N)C(=O)NC(CCC(=O)C=[N+]=[N-])C(=O)NCCOCCOCCOCCC(=O)O. The molecule has 2 atom stereocenters. The Kier molecular flexibility index (Phi) is 19.5. The minimum Gasteiger partial charge on any atom is -0.481 e. The number of ether oxygens (including phenoxy) is 3. The molecule has 2 amide bonds. The molecule has 0 bridgehead atoms. The van der Waals surface area contributed by atoms with Crippen LogP contribution in [0.3, 0.4) is 0 Å². The number of nitrogens with two attached hydrogens (primary N) is 1. The van der Waals surface area contributed by atoms with E-state index in [1.807, 2.05) is 0 Å². The monoisotopic (exact) mass is 527 g/mol. The Morgan fingerprint density at radius 2 is 1.30 bits per heavy atom. The van der Waals surface area contributed by atoms with Gasteiger partial charge in [0.25, 0.3) is 0 Å². The standard InChI is InChI=1S/C21H33N7O9/c22-17(3-1-15(29)13-26-23)20(33)28-18(4-2-16(30)14-27-24)21(34)25-6-8-36-10-12-37-11-9-35-7-5-19(31)32/h13-14,17-18H,1-12,22H2,(H,25,34)(H,28,33)(H,31,32). The first kappa shape index (κ1) is 33.4. The summed E-state index contributed by atoms with van der Waals surface area (Å²) in [4.78, 5) is 63.4. The highest BCUT2D eigenvalue weighted by atomic mass is 16.5. The molecule has 0 heterocycles. The molecule has 0 aliphatic carbocycles. The smallest absolute Gasteiger partial charge is 0.323 e. The van der Waals surface area contributed by atoms with Crippen molar-refractivity contribution in [3.63, 3.8) is 0 Å². The maximum absolute atomic E-state index is 12.5. The molecule has 16 nitrogen and oxygen atoms in total. The number of amides is 2. The van der Waals surface area contributed by atoms with Crippen LogP contribution in [-0.2, 0) is 38.2 Å². The van der Waals surface area contributed by atoms with Crippen molar-refractivity contribution in [1.29, 1.82) is 0 Å². The lowest BCUT2D eigenvalue weighted by molar-refractivity contribution is -0.138. The number of hydrogen-bond donors (Lipinski definition) is 4. The largest absolute Gasteiger partial charge is 0.481 e. The molecule has 206 valence electrons. The van der Waals surface area contributed by atoms with Gasteiger partial charge in [-0.2, -0.15) is 9.58 Å². The maximum Gasteiger partial charge on any atom is 0.323 e. The van der Waals surface area contributed by atoms with E-state index in [1.54, 1.807) is 0 Å². The average Bonchev–Trinajstić information content (AvgIpc) is 2.85. The Bertz CT molecular complexity index is 855. The lowest BCUT2D eigenvalue weighted by Gasteiger charge is -2.20. The molecule has 0 spiro atoms. The number of carboxylic acids is 1. The summed E-state index contributed by atoms with van der Waals surface area (Å²) >= 11 is 0. The number of nitrogens with one attached hydrogen (secondary N) is 2. The van der Waals surface area contributed by atoms with Crippen molar-refractivity contribution in [3.8, 4) is 0 Å². The van der Waals surface area contributed by atoms with Gasteiger partial charge < -0.3 is 46.7 Å². The second-order valence-electron chi connectivity index (χ2n) is 7.44. The molecule has 5 N–H and O–H groups in total. The molecule has 0 radical (unpaired) electrons. The Morgan fingerprint density at radius 3 is 1.84 bits per heavy atom. The minimum atomic E-state index is -1.13. The van der Waals surface area contributed by atoms with Crippen LogP contribution in [0.25, 0.3) is 11.1 Å². The predicted octanol–water partition coefficient (Wildman–Crippen LogP) is -2.26. The summed E-state index contributed by atoms with van der Waals surface area (Å²) in [6.07, 6.45) is 0.760. The molecule has 0 rings (SSSR count). The van der Waals surface area contributed by atoms with E-state index in [1.165, 1.54) is 0 Å². The van der Waals surface area contributed by atoms with E-state index in [0.717, 1.165) is 0 Å². The number of hydrogen-bond acceptors (Lipinski definition) is 9. The maximum atomic E-state index is 12.5. The summed E-state index contributed by atoms with van der Waals surface area (Å²) in [5, 5.41) is 13.5. The molecular weight excluding hydrogens is 494 g/mol. The van der Waals surface area contributed by atoms with Crippen molar-refractivity contribution in [3.05, 3.63) is 11.1 Å². The molecule has 0 aromatic carbocycles. The molecule has 0 aromatic rings. The van der Waals surface area contributed by atoms with Crippen LogP contribution in [0.1, 0.15) is 32.1 Å². The Labute approximate surface area is 213 Å². The van der Waals surface area contributed by atoms with E-state index in [4.69, 9.17) is 36.1 Å². The number of nitrogens with zero attached hydrogens (tertiary/aromatic N) is 4. The Morgan fingerprint density at radius 1 is 0.784 bits per heavy atom. The highest BCUT2D eigenvalue weighted by Crippen LogP contribution is 2.02. The minimum absolute atomic E-state index is 0.0640. The van der Waals surface area contributed by atoms with E-state index >= 15 is 0 Å². The summed E-state index contributed by atoms with van der Waals surface area (Å²) in [5.74, 6) is -3.37. The first-order valence-corrected chi connectivity index (χ1v) is 11.4. The molecular formula is C21H33N7O9. The van der Waals surface area contributed by atoms with Gasteiger partial charge in [0.1, 0.15) is 6.04 Å². The van der Waals surface area contributed by atoms with E-state index in [9.17, 15) is 24.0 Å². The highest BCUT2D eigenvalue weighted by molar-refractivity contribution is 6.25. The van der Waals surface area contributed by atoms with Crippen molar-refractivity contribution >= 4 is 41.8 Å². The van der Waals surface area contributed by atoms with Crippen LogP contribution in [0.2, 0.25) is 0 Å². The van der Waals surface area contributed by atoms with Gasteiger partial charge in [-0.25, -0.2) is 0 Å². The second kappa shape index (κ2) is 21.6. The number of carboxylic acid groups (broad SMARTS) is 1. The molecule has 0 aliphatic heterocycles. The average molecular weight is 528 g/mol. The summed E-state index contributed by atoms with van der Waals surface area (Å²) in [7, 11) is 0. The van der Waals surface area contributed by atoms with Crippen molar-refractivity contribution in [2.45, 2.75) is 44.2 Å². The summed E-state index contributed by atoms with van der Waals surface area (Å²) in [5.41, 5.74) is 22.5. The lowest BCUT2D eigenvalue weighted by atomic mass is 10.1. The third-order valence-corrected chi connectivity index (χ3v) is 4.50. The zero-order valence-electron chi connectivity index (χ0n) is 20.4. The van der Waals surface area contributed by atoms with Crippen LogP contribution < -0.4 is 16.4 Å². The first-order valence-electron chi connectivity index (χ1n) is 11.4. The van der Waals surface area contributed by atoms with Gasteiger partial charge in [-0.1, -0.05) is 0 Å². The third-order valence-electron chi connectivity index (χ3n) is 4.50. The fourth-order valence-corrected chi connectivity index (χ4v) is 2.59. The number of aliphatic carboxylic acids is 1. The van der Waals surface area contributed by atoms with Crippen molar-refractivity contribution in [2.24, 2.45) is 5.73 Å². The molecule has 16 heteroatoms. The first-order chi connectivity index (χ1) is 17.7. The Hall–Kier alpha value is -3.65. The van der Waals surface area contributed by atoms with Gasteiger partial charge in [-0.15, -0.1) is 0 Å². The molecule has 0 saturated heterocycles. The van der Waals surface area contributed by atoms with Gasteiger partial charge in [0, 0.05) is 19.4 Å². The van der Waals surface area contributed by atoms with Gasteiger partial charge in [0.05, 0.1) is 52.1 Å². The fraction of sp³-hybridized carbons (Fsp3) is 0.667. The number of Topliss-reactive ketones (excluding diaryl/α,β-unsaturated/α-hetero) is 2. The van der Waals surface area contributed by atoms with Crippen molar-refractivity contribution in [1.82, 2.24) is 10.6 Å². The van der Waals surface area contributed by atoms with Gasteiger partial charge in [0.15, 0.2) is 0 Å². The van der Waals surface area contributed by atoms with Crippen LogP contribution in [0.15, 0.2) is 0 Å².